The van der Waals surface area contributed by atoms with E-state index in [2.05, 4.69) is 15.3 Å². The summed E-state index contributed by atoms with van der Waals surface area (Å²) < 4.78 is 4.82. The Morgan fingerprint density at radius 3 is 2.61 bits per heavy atom. The lowest BCUT2D eigenvalue weighted by Crippen LogP contribution is -2.21. The highest BCUT2D eigenvalue weighted by Crippen LogP contribution is 2.44. The monoisotopic (exact) mass is 437 g/mol. The number of methoxy groups -OCH3 is 1. The summed E-state index contributed by atoms with van der Waals surface area (Å²) in [5.41, 5.74) is 0.642. The molecule has 4 rings (SSSR count). The third-order valence-electron chi connectivity index (χ3n) is 4.91. The molecule has 1 N–H and O–H groups in total. The number of hydrogen-bond acceptors (Lipinski definition) is 5. The second-order valence-corrected chi connectivity index (χ2v) is 8.28. The van der Waals surface area contributed by atoms with E-state index in [-0.39, 0.29) is 22.2 Å². The predicted molar refractivity (Wildman–Crippen MR) is 111 cm³/mol. The summed E-state index contributed by atoms with van der Waals surface area (Å²) in [5.74, 6) is 0.795. The van der Waals surface area contributed by atoms with E-state index in [1.807, 2.05) is 24.3 Å². The highest BCUT2D eigenvalue weighted by molar-refractivity contribution is 6.42. The maximum Gasteiger partial charge on any atom is 0.358 e. The van der Waals surface area contributed by atoms with Crippen molar-refractivity contribution in [1.82, 2.24) is 9.97 Å². The van der Waals surface area contributed by atoms with Gasteiger partial charge in [0.1, 0.15) is 16.7 Å². The number of anilines is 1. The first kappa shape index (κ1) is 19.5. The van der Waals surface area contributed by atoms with Gasteiger partial charge in [-0.3, -0.25) is 0 Å². The molecule has 0 aliphatic heterocycles. The molecule has 1 heterocycles. The maximum absolute atomic E-state index is 12.1. The van der Waals surface area contributed by atoms with Gasteiger partial charge in [-0.2, -0.15) is 0 Å². The molecular formula is C20H18Cl3N3O2. The van der Waals surface area contributed by atoms with Crippen molar-refractivity contribution in [2.24, 2.45) is 0 Å². The van der Waals surface area contributed by atoms with Crippen LogP contribution in [0.3, 0.4) is 0 Å². The van der Waals surface area contributed by atoms with Gasteiger partial charge in [-0.25, -0.2) is 14.8 Å². The normalized spacial score (nSPS) is 17.6. The molecule has 1 aromatic heterocycles. The average molecular weight is 439 g/mol. The number of hydrogen-bond donors (Lipinski definition) is 1. The number of rotatable bonds is 6. The second kappa shape index (κ2) is 7.54. The summed E-state index contributed by atoms with van der Waals surface area (Å²) in [6, 6.07) is 5.51. The van der Waals surface area contributed by atoms with Gasteiger partial charge in [0.2, 0.25) is 0 Å². The highest BCUT2D eigenvalue weighted by atomic mass is 35.5. The van der Waals surface area contributed by atoms with Crippen LogP contribution in [0.5, 0.6) is 0 Å². The molecule has 2 aromatic rings. The first-order valence-corrected chi connectivity index (χ1v) is 10.1. The number of halogens is 3. The van der Waals surface area contributed by atoms with Gasteiger partial charge < -0.3 is 10.1 Å². The number of carbonyl (C=O) groups excluding carboxylic acids is 1. The minimum Gasteiger partial charge on any atom is -0.464 e. The average Bonchev–Trinajstić information content (AvgIpc) is 3.59. The summed E-state index contributed by atoms with van der Waals surface area (Å²) in [6.45, 7) is 0. The van der Waals surface area contributed by atoms with E-state index < -0.39 is 5.97 Å². The zero-order chi connectivity index (χ0) is 19.9. The van der Waals surface area contributed by atoms with E-state index in [1.165, 1.54) is 7.11 Å². The topological polar surface area (TPSA) is 64.1 Å². The molecular weight excluding hydrogens is 421 g/mol. The minimum absolute atomic E-state index is 0.0984. The summed E-state index contributed by atoms with van der Waals surface area (Å²) >= 11 is 18.8. The molecule has 8 heteroatoms. The van der Waals surface area contributed by atoms with Gasteiger partial charge in [-0.05, 0) is 37.3 Å². The second-order valence-electron chi connectivity index (χ2n) is 7.12. The molecule has 0 radical (unpaired) electrons. The lowest BCUT2D eigenvalue weighted by molar-refractivity contribution is 0.0593. The predicted octanol–water partition coefficient (Wildman–Crippen LogP) is 5.76. The van der Waals surface area contributed by atoms with Crippen molar-refractivity contribution in [3.05, 3.63) is 56.4 Å². The number of carbonyl (C=O) groups is 1. The van der Waals surface area contributed by atoms with Crippen molar-refractivity contribution in [2.75, 3.05) is 12.4 Å². The molecule has 0 atom stereocenters. The molecule has 2 fully saturated rings. The van der Waals surface area contributed by atoms with Crippen LogP contribution in [-0.4, -0.2) is 28.6 Å². The largest absolute Gasteiger partial charge is 0.464 e. The first-order valence-electron chi connectivity index (χ1n) is 8.99. The van der Waals surface area contributed by atoms with E-state index >= 15 is 0 Å². The van der Waals surface area contributed by atoms with Crippen molar-refractivity contribution in [2.45, 2.75) is 37.1 Å². The lowest BCUT2D eigenvalue weighted by Gasteiger charge is -2.17. The Morgan fingerprint density at radius 1 is 1.21 bits per heavy atom. The van der Waals surface area contributed by atoms with Gasteiger partial charge in [-0.1, -0.05) is 59.1 Å². The Hall–Kier alpha value is -1.82. The molecule has 0 unspecified atom stereocenters. The minimum atomic E-state index is -0.566. The van der Waals surface area contributed by atoms with Crippen LogP contribution in [0.1, 0.15) is 53.5 Å². The maximum atomic E-state index is 12.1. The van der Waals surface area contributed by atoms with Crippen LogP contribution in [-0.2, 0) is 4.74 Å². The van der Waals surface area contributed by atoms with E-state index in [9.17, 15) is 4.79 Å². The zero-order valence-electron chi connectivity index (χ0n) is 15.1. The third-order valence-corrected chi connectivity index (χ3v) is 6.10. The summed E-state index contributed by atoms with van der Waals surface area (Å²) in [6.07, 6.45) is 7.83. The quantitative estimate of drug-likeness (QED) is 0.581. The molecule has 0 bridgehead atoms. The standard InChI is InChI=1S/C20H18Cl3N3O2/c1-28-19(27)16-15(23)18(25-17(24-16)12-5-6-12)26-20(9-10-20)8-7-11-3-2-4-13(21)14(11)22/h2-4,7-8,12H,5-6,9-10H2,1H3,(H,24,25,26). The zero-order valence-corrected chi connectivity index (χ0v) is 17.4. The van der Waals surface area contributed by atoms with E-state index in [0.29, 0.717) is 21.7 Å². The van der Waals surface area contributed by atoms with Crippen molar-refractivity contribution < 1.29 is 9.53 Å². The van der Waals surface area contributed by atoms with Gasteiger partial charge in [0.15, 0.2) is 5.69 Å². The van der Waals surface area contributed by atoms with E-state index in [1.54, 1.807) is 6.07 Å². The fraction of sp³-hybridized carbons (Fsp3) is 0.350. The number of aromatic nitrogens is 2. The van der Waals surface area contributed by atoms with Crippen LogP contribution in [0.4, 0.5) is 5.82 Å². The Balaban J connectivity index is 1.63. The molecule has 2 aliphatic carbocycles. The summed E-state index contributed by atoms with van der Waals surface area (Å²) in [5, 5.41) is 4.59. The fourth-order valence-electron chi connectivity index (χ4n) is 2.91. The van der Waals surface area contributed by atoms with Crippen LogP contribution in [0, 0.1) is 0 Å². The Kier molecular flexibility index (Phi) is 5.25. The Labute approximate surface area is 178 Å². The third kappa shape index (κ3) is 3.97. The molecule has 28 heavy (non-hydrogen) atoms. The number of nitrogens with one attached hydrogen (secondary N) is 1. The Bertz CT molecular complexity index is 969. The Morgan fingerprint density at radius 2 is 1.96 bits per heavy atom. The molecule has 146 valence electrons. The number of nitrogens with zero attached hydrogens (tertiary/aromatic N) is 2. The molecule has 2 saturated carbocycles. The van der Waals surface area contributed by atoms with Crippen LogP contribution >= 0.6 is 34.8 Å². The lowest BCUT2D eigenvalue weighted by atomic mass is 10.1. The number of benzene rings is 1. The highest BCUT2D eigenvalue weighted by Gasteiger charge is 2.42. The van der Waals surface area contributed by atoms with Gasteiger partial charge in [0, 0.05) is 5.92 Å². The van der Waals surface area contributed by atoms with Gasteiger partial charge >= 0.3 is 5.97 Å². The molecule has 5 nitrogen and oxygen atoms in total. The molecule has 0 saturated heterocycles. The van der Waals surface area contributed by atoms with Crippen molar-refractivity contribution in [1.29, 1.82) is 0 Å². The van der Waals surface area contributed by atoms with Gasteiger partial charge in [-0.15, -0.1) is 0 Å². The summed E-state index contributed by atoms with van der Waals surface area (Å²) in [4.78, 5) is 21.0. The fourth-order valence-corrected chi connectivity index (χ4v) is 3.49. The number of esters is 1. The van der Waals surface area contributed by atoms with Gasteiger partial charge in [0.25, 0.3) is 0 Å². The van der Waals surface area contributed by atoms with Crippen LogP contribution < -0.4 is 5.32 Å². The SMILES string of the molecule is COC(=O)c1nc(C2CC2)nc(NC2(C=Cc3cccc(Cl)c3Cl)CC2)c1Cl. The van der Waals surface area contributed by atoms with E-state index in [4.69, 9.17) is 39.5 Å². The molecule has 1 aromatic carbocycles. The van der Waals surface area contributed by atoms with Crippen molar-refractivity contribution in [3.63, 3.8) is 0 Å². The number of ether oxygens (including phenoxy) is 1. The molecule has 0 amide bonds. The molecule has 0 spiro atoms. The summed E-state index contributed by atoms with van der Waals surface area (Å²) in [7, 11) is 1.31. The molecule has 2 aliphatic rings. The van der Waals surface area contributed by atoms with Crippen LogP contribution in [0.2, 0.25) is 15.1 Å². The van der Waals surface area contributed by atoms with Gasteiger partial charge in [0.05, 0.1) is 22.7 Å². The van der Waals surface area contributed by atoms with Crippen molar-refractivity contribution in [3.8, 4) is 0 Å². The van der Waals surface area contributed by atoms with E-state index in [0.717, 1.165) is 31.2 Å². The van der Waals surface area contributed by atoms with Crippen molar-refractivity contribution >= 4 is 52.7 Å². The smallest absolute Gasteiger partial charge is 0.358 e. The van der Waals surface area contributed by atoms with Crippen LogP contribution in [0.25, 0.3) is 6.08 Å². The first-order chi connectivity index (χ1) is 13.4. The van der Waals surface area contributed by atoms with Crippen LogP contribution in [0.15, 0.2) is 24.3 Å².